The molecule has 0 saturated heterocycles. The summed E-state index contributed by atoms with van der Waals surface area (Å²) < 4.78 is 6.17. The molecule has 0 saturated carbocycles. The minimum Gasteiger partial charge on any atom is -0.486 e. The summed E-state index contributed by atoms with van der Waals surface area (Å²) in [4.78, 5) is 13.6. The molecule has 5 heteroatoms. The van der Waals surface area contributed by atoms with E-state index in [1.54, 1.807) is 0 Å². The third-order valence-electron chi connectivity index (χ3n) is 8.03. The predicted molar refractivity (Wildman–Crippen MR) is 184 cm³/mol. The summed E-state index contributed by atoms with van der Waals surface area (Å²) in [6.45, 7) is 8.22. The third-order valence-corrected chi connectivity index (χ3v) is 8.03. The minimum atomic E-state index is 0. The first-order chi connectivity index (χ1) is 21.9. The van der Waals surface area contributed by atoms with Gasteiger partial charge in [0, 0.05) is 43.6 Å². The first-order valence-corrected chi connectivity index (χ1v) is 15.0. The van der Waals surface area contributed by atoms with E-state index in [-0.39, 0.29) is 20.1 Å². The van der Waals surface area contributed by atoms with Gasteiger partial charge < -0.3 is 14.4 Å². The summed E-state index contributed by atoms with van der Waals surface area (Å²) in [5.41, 5.74) is 12.1. The van der Waals surface area contributed by atoms with Crippen molar-refractivity contribution in [3.8, 4) is 33.6 Å². The fourth-order valence-electron chi connectivity index (χ4n) is 5.70. The second-order valence-electron chi connectivity index (χ2n) is 11.4. The van der Waals surface area contributed by atoms with E-state index in [1.165, 1.54) is 33.0 Å². The average Bonchev–Trinajstić information content (AvgIpc) is 3.43. The first kappa shape index (κ1) is 31.0. The molecule has 0 atom stereocenters. The van der Waals surface area contributed by atoms with Crippen LogP contribution in [-0.2, 0) is 20.1 Å². The van der Waals surface area contributed by atoms with E-state index >= 15 is 0 Å². The van der Waals surface area contributed by atoms with Crippen molar-refractivity contribution in [1.29, 1.82) is 0 Å². The quantitative estimate of drug-likeness (QED) is 0.168. The smallest absolute Gasteiger partial charge is 0.216 e. The van der Waals surface area contributed by atoms with Crippen molar-refractivity contribution in [1.82, 2.24) is 15.0 Å². The van der Waals surface area contributed by atoms with E-state index in [4.69, 9.17) is 4.42 Å². The van der Waals surface area contributed by atoms with Crippen LogP contribution in [0.15, 0.2) is 120 Å². The van der Waals surface area contributed by atoms with Gasteiger partial charge in [0.25, 0.3) is 0 Å². The Bertz CT molecular complexity index is 2260. The van der Waals surface area contributed by atoms with Gasteiger partial charge in [0.15, 0.2) is 0 Å². The van der Waals surface area contributed by atoms with Crippen molar-refractivity contribution < 1.29 is 24.5 Å². The maximum Gasteiger partial charge on any atom is 0.216 e. The zero-order valence-corrected chi connectivity index (χ0v) is 28.4. The van der Waals surface area contributed by atoms with Crippen molar-refractivity contribution in [2.75, 3.05) is 0 Å². The molecule has 4 nitrogen and oxygen atoms in total. The van der Waals surface area contributed by atoms with Crippen molar-refractivity contribution in [3.05, 3.63) is 150 Å². The molecule has 0 amide bonds. The Morgan fingerprint density at radius 2 is 1.52 bits per heavy atom. The topological polar surface area (TPSA) is 51.8 Å². The fraction of sp³-hybridized carbons (Fsp3) is 0.0976. The second-order valence-corrected chi connectivity index (χ2v) is 11.4. The molecule has 0 unspecified atom stereocenters. The molecule has 0 N–H and O–H groups in total. The van der Waals surface area contributed by atoms with Crippen LogP contribution in [0.25, 0.3) is 66.5 Å². The van der Waals surface area contributed by atoms with E-state index in [9.17, 15) is 0 Å². The van der Waals surface area contributed by atoms with Crippen LogP contribution < -0.4 is 0 Å². The Balaban J connectivity index is 0.000000209. The number of hydrogen-bond donors (Lipinski definition) is 0. The van der Waals surface area contributed by atoms with Crippen molar-refractivity contribution in [2.24, 2.45) is 0 Å². The molecule has 227 valence electrons. The molecule has 0 bridgehead atoms. The summed E-state index contributed by atoms with van der Waals surface area (Å²) >= 11 is 0. The third kappa shape index (κ3) is 6.12. The monoisotopic (exact) mass is 774 g/mol. The van der Waals surface area contributed by atoms with Gasteiger partial charge in [0.2, 0.25) is 5.71 Å². The Labute approximate surface area is 282 Å². The van der Waals surface area contributed by atoms with Crippen molar-refractivity contribution in [2.45, 2.75) is 27.7 Å². The maximum absolute atomic E-state index is 6.17. The molecule has 1 radical (unpaired) electrons. The van der Waals surface area contributed by atoms with E-state index in [0.717, 1.165) is 50.1 Å². The number of hydrogen-bond acceptors (Lipinski definition) is 4. The van der Waals surface area contributed by atoms with Crippen molar-refractivity contribution in [3.63, 3.8) is 0 Å². The molecular formula is C41H31IrN3O-2. The van der Waals surface area contributed by atoms with Gasteiger partial charge in [-0.2, -0.15) is 0 Å². The van der Waals surface area contributed by atoms with Gasteiger partial charge in [-0.15, -0.1) is 53.6 Å². The number of fused-ring (bicyclic) bond motifs is 4. The molecule has 4 aromatic heterocycles. The second kappa shape index (κ2) is 13.2. The van der Waals surface area contributed by atoms with Crippen molar-refractivity contribution >= 4 is 32.8 Å². The van der Waals surface area contributed by atoms with Crippen LogP contribution in [0, 0.1) is 39.8 Å². The van der Waals surface area contributed by atoms with Gasteiger partial charge in [-0.1, -0.05) is 72.5 Å². The number of furan rings is 1. The largest absolute Gasteiger partial charge is 0.486 e. The van der Waals surface area contributed by atoms with Crippen LogP contribution in [0.2, 0.25) is 0 Å². The molecule has 0 spiro atoms. The van der Waals surface area contributed by atoms with Crippen LogP contribution in [0.4, 0.5) is 0 Å². The summed E-state index contributed by atoms with van der Waals surface area (Å²) in [7, 11) is 0. The number of nitrogens with zero attached hydrogens (tertiary/aromatic N) is 3. The molecular weight excluding hydrogens is 743 g/mol. The molecule has 8 aromatic rings. The predicted octanol–water partition coefficient (Wildman–Crippen LogP) is 10.4. The zero-order chi connectivity index (χ0) is 30.9. The summed E-state index contributed by atoms with van der Waals surface area (Å²) in [5.74, 6) is 0. The fourth-order valence-corrected chi connectivity index (χ4v) is 5.70. The molecule has 0 fully saturated rings. The number of aryl methyl sites for hydroxylation is 4. The molecule has 4 heterocycles. The molecule has 46 heavy (non-hydrogen) atoms. The normalized spacial score (nSPS) is 10.9. The van der Waals surface area contributed by atoms with Crippen LogP contribution in [0.5, 0.6) is 0 Å². The number of aromatic nitrogens is 3. The average molecular weight is 774 g/mol. The van der Waals surface area contributed by atoms with Crippen LogP contribution in [0.1, 0.15) is 22.4 Å². The SMILES string of the molecule is Cc1c[c-]c(-c2ccc(C)cn2)cc1.Cc1ccc2c(n1)oc1c(-c3cc(-c4cccc5cccc(C)c45)ccn3)[c-]ccc12.[Ir]. The summed E-state index contributed by atoms with van der Waals surface area (Å²) in [6, 6.07) is 41.8. The van der Waals surface area contributed by atoms with Gasteiger partial charge in [-0.3, -0.25) is 0 Å². The Morgan fingerprint density at radius 3 is 2.30 bits per heavy atom. The van der Waals surface area contributed by atoms with Gasteiger partial charge in [-0.25, -0.2) is 4.98 Å². The number of pyridine rings is 3. The first-order valence-electron chi connectivity index (χ1n) is 15.0. The van der Waals surface area contributed by atoms with E-state index in [0.29, 0.717) is 5.71 Å². The van der Waals surface area contributed by atoms with Crippen LogP contribution >= 0.6 is 0 Å². The minimum absolute atomic E-state index is 0. The van der Waals surface area contributed by atoms with Gasteiger partial charge >= 0.3 is 0 Å². The Kier molecular flexibility index (Phi) is 8.89. The molecule has 0 aliphatic heterocycles. The zero-order valence-electron chi connectivity index (χ0n) is 26.1. The number of benzene rings is 4. The number of rotatable bonds is 3. The molecule has 8 rings (SSSR count). The maximum atomic E-state index is 6.17. The summed E-state index contributed by atoms with van der Waals surface area (Å²) in [5, 5.41) is 4.55. The van der Waals surface area contributed by atoms with Gasteiger partial charge in [0.05, 0.1) is 5.58 Å². The standard InChI is InChI=1S/C28H19N2O.C13H12N.Ir/c1-17-6-3-7-19-8-4-9-21(26(17)19)20-14-15-29-25(16-20)24-11-5-10-22-23-13-12-18(2)30-28(23)31-27(22)24;1-10-3-6-12(7-4-10)13-8-5-11(2)9-14-13;/h3-10,12-16H,1-2H3;3-6,8-9H,1-2H3;/q2*-1;. The van der Waals surface area contributed by atoms with E-state index in [2.05, 4.69) is 108 Å². The molecule has 0 aliphatic carbocycles. The van der Waals surface area contributed by atoms with Crippen LogP contribution in [0.3, 0.4) is 0 Å². The van der Waals surface area contributed by atoms with Gasteiger partial charge in [0.1, 0.15) is 0 Å². The molecule has 4 aromatic carbocycles. The summed E-state index contributed by atoms with van der Waals surface area (Å²) in [6.07, 6.45) is 3.74. The van der Waals surface area contributed by atoms with E-state index < -0.39 is 0 Å². The van der Waals surface area contributed by atoms with Crippen LogP contribution in [-0.4, -0.2) is 15.0 Å². The van der Waals surface area contributed by atoms with Gasteiger partial charge in [-0.05, 0) is 83.4 Å². The van der Waals surface area contributed by atoms with E-state index in [1.807, 2.05) is 62.6 Å². The Hall–Kier alpha value is -4.96. The Morgan fingerprint density at radius 1 is 0.696 bits per heavy atom. The molecule has 0 aliphatic rings.